The van der Waals surface area contributed by atoms with E-state index in [1.54, 1.807) is 6.20 Å². The van der Waals surface area contributed by atoms with Gasteiger partial charge in [0, 0.05) is 45.5 Å². The van der Waals surface area contributed by atoms with Gasteiger partial charge in [-0.1, -0.05) is 0 Å². The van der Waals surface area contributed by atoms with E-state index >= 15 is 0 Å². The monoisotopic (exact) mass is 334 g/mol. The van der Waals surface area contributed by atoms with Gasteiger partial charge in [-0.05, 0) is 25.8 Å². The molecule has 1 aromatic heterocycles. The number of aromatic amines is 1. The summed E-state index contributed by atoms with van der Waals surface area (Å²) in [4.78, 5) is 21.2. The fourth-order valence-corrected chi connectivity index (χ4v) is 3.07. The molecule has 8 heteroatoms. The van der Waals surface area contributed by atoms with Crippen LogP contribution in [0.15, 0.2) is 17.3 Å². The summed E-state index contributed by atoms with van der Waals surface area (Å²) in [6.45, 7) is 7.15. The van der Waals surface area contributed by atoms with E-state index in [2.05, 4.69) is 32.3 Å². The van der Waals surface area contributed by atoms with Crippen molar-refractivity contribution in [2.45, 2.75) is 32.4 Å². The van der Waals surface area contributed by atoms with Crippen molar-refractivity contribution in [2.24, 2.45) is 4.99 Å². The molecule has 1 unspecified atom stereocenters. The largest absolute Gasteiger partial charge is 0.368 e. The fraction of sp³-hybridized carbons (Fsp3) is 0.688. The quantitative estimate of drug-likeness (QED) is 0.607. The molecule has 2 saturated heterocycles. The highest BCUT2D eigenvalue weighted by Crippen LogP contribution is 2.16. The number of piperazine rings is 1. The van der Waals surface area contributed by atoms with E-state index < -0.39 is 0 Å². The van der Waals surface area contributed by atoms with Crippen LogP contribution in [0.25, 0.3) is 0 Å². The Balaban J connectivity index is 1.54. The number of rotatable bonds is 4. The van der Waals surface area contributed by atoms with Crippen LogP contribution in [0.5, 0.6) is 0 Å². The van der Waals surface area contributed by atoms with Crippen molar-refractivity contribution in [1.29, 1.82) is 0 Å². The Morgan fingerprint density at radius 3 is 2.83 bits per heavy atom. The molecule has 3 rings (SSSR count). The summed E-state index contributed by atoms with van der Waals surface area (Å²) >= 11 is 0. The second-order valence-electron chi connectivity index (χ2n) is 6.07. The summed E-state index contributed by atoms with van der Waals surface area (Å²) in [6.07, 6.45) is 3.35. The molecule has 1 atom stereocenters. The molecule has 0 radical (unpaired) electrons. The summed E-state index contributed by atoms with van der Waals surface area (Å²) < 4.78 is 5.51. The summed E-state index contributed by atoms with van der Waals surface area (Å²) in [5.41, 5.74) is 0.984. The first-order chi connectivity index (χ1) is 11.8. The maximum absolute atomic E-state index is 12.4. The third-order valence-corrected chi connectivity index (χ3v) is 4.39. The molecule has 3 heterocycles. The number of nitrogens with zero attached hydrogens (tertiary/aromatic N) is 4. The zero-order valence-electron chi connectivity index (χ0n) is 14.2. The second-order valence-corrected chi connectivity index (χ2v) is 6.07. The Hall–Kier alpha value is -2.09. The average molecular weight is 334 g/mol. The van der Waals surface area contributed by atoms with E-state index in [0.29, 0.717) is 26.2 Å². The van der Waals surface area contributed by atoms with Crippen molar-refractivity contribution < 1.29 is 9.53 Å². The van der Waals surface area contributed by atoms with E-state index in [9.17, 15) is 4.79 Å². The van der Waals surface area contributed by atoms with Gasteiger partial charge in [-0.25, -0.2) is 4.99 Å². The lowest BCUT2D eigenvalue weighted by atomic mass is 10.2. The number of ether oxygens (including phenoxy) is 1. The highest BCUT2D eigenvalue weighted by molar-refractivity contribution is 5.82. The van der Waals surface area contributed by atoms with Gasteiger partial charge in [0.05, 0.1) is 12.2 Å². The number of guanidine groups is 1. The molecule has 0 spiro atoms. The smallest absolute Gasteiger partial charge is 0.251 e. The maximum Gasteiger partial charge on any atom is 0.251 e. The lowest BCUT2D eigenvalue weighted by molar-refractivity contribution is -0.142. The topological polar surface area (TPSA) is 85.9 Å². The van der Waals surface area contributed by atoms with Gasteiger partial charge >= 0.3 is 0 Å². The SMILES string of the molecule is CCNC(=NCc1ccn[nH]1)N1CCN(C(=O)C2CCCO2)CC1. The fourth-order valence-electron chi connectivity index (χ4n) is 3.07. The van der Waals surface area contributed by atoms with Crippen LogP contribution in [-0.2, 0) is 16.1 Å². The normalized spacial score (nSPS) is 22.0. The zero-order valence-corrected chi connectivity index (χ0v) is 14.2. The van der Waals surface area contributed by atoms with Crippen LogP contribution in [0.1, 0.15) is 25.5 Å². The van der Waals surface area contributed by atoms with Crippen LogP contribution in [0, 0.1) is 0 Å². The van der Waals surface area contributed by atoms with Crippen molar-refractivity contribution in [3.63, 3.8) is 0 Å². The average Bonchev–Trinajstić information content (AvgIpc) is 3.31. The van der Waals surface area contributed by atoms with Crippen LogP contribution in [0.3, 0.4) is 0 Å². The van der Waals surface area contributed by atoms with E-state index in [1.807, 2.05) is 11.0 Å². The minimum absolute atomic E-state index is 0.145. The van der Waals surface area contributed by atoms with E-state index in [0.717, 1.165) is 44.1 Å². The van der Waals surface area contributed by atoms with Crippen LogP contribution in [0.2, 0.25) is 0 Å². The third kappa shape index (κ3) is 4.05. The minimum atomic E-state index is -0.223. The number of hydrogen-bond donors (Lipinski definition) is 2. The van der Waals surface area contributed by atoms with Gasteiger partial charge in [0.15, 0.2) is 5.96 Å². The van der Waals surface area contributed by atoms with E-state index in [4.69, 9.17) is 4.74 Å². The van der Waals surface area contributed by atoms with Gasteiger partial charge in [0.1, 0.15) is 6.10 Å². The number of hydrogen-bond acceptors (Lipinski definition) is 4. The predicted octanol–water partition coefficient (Wildman–Crippen LogP) is 0.198. The molecule has 1 aromatic rings. The van der Waals surface area contributed by atoms with Crippen LogP contribution >= 0.6 is 0 Å². The Bertz CT molecular complexity index is 545. The molecule has 132 valence electrons. The summed E-state index contributed by atoms with van der Waals surface area (Å²) in [5, 5.41) is 10.2. The van der Waals surface area contributed by atoms with Gasteiger partial charge in [0.2, 0.25) is 0 Å². The number of H-pyrrole nitrogens is 1. The molecule has 1 amide bonds. The first-order valence-corrected chi connectivity index (χ1v) is 8.70. The van der Waals surface area contributed by atoms with Crippen molar-refractivity contribution in [3.05, 3.63) is 18.0 Å². The lowest BCUT2D eigenvalue weighted by Gasteiger charge is -2.37. The molecular weight excluding hydrogens is 308 g/mol. The van der Waals surface area contributed by atoms with Gasteiger partial charge in [-0.2, -0.15) is 5.10 Å². The molecular formula is C16H26N6O2. The molecule has 0 bridgehead atoms. The molecule has 2 aliphatic heterocycles. The molecule has 2 aliphatic rings. The molecule has 8 nitrogen and oxygen atoms in total. The molecule has 0 aromatic carbocycles. The first kappa shape index (κ1) is 16.8. The maximum atomic E-state index is 12.4. The van der Waals surface area contributed by atoms with Crippen LogP contribution in [0.4, 0.5) is 0 Å². The molecule has 0 aliphatic carbocycles. The van der Waals surface area contributed by atoms with Crippen molar-refractivity contribution in [2.75, 3.05) is 39.3 Å². The summed E-state index contributed by atoms with van der Waals surface area (Å²) in [6, 6.07) is 1.92. The van der Waals surface area contributed by atoms with Crippen molar-refractivity contribution >= 4 is 11.9 Å². The summed E-state index contributed by atoms with van der Waals surface area (Å²) in [5.74, 6) is 1.03. The molecule has 24 heavy (non-hydrogen) atoms. The Morgan fingerprint density at radius 2 is 2.21 bits per heavy atom. The van der Waals surface area contributed by atoms with Crippen molar-refractivity contribution in [3.8, 4) is 0 Å². The minimum Gasteiger partial charge on any atom is -0.368 e. The Kier molecular flexibility index (Phi) is 5.68. The highest BCUT2D eigenvalue weighted by Gasteiger charge is 2.30. The summed E-state index contributed by atoms with van der Waals surface area (Å²) in [7, 11) is 0. The number of aliphatic imine (C=N–C) groups is 1. The Morgan fingerprint density at radius 1 is 1.42 bits per heavy atom. The van der Waals surface area contributed by atoms with Crippen LogP contribution < -0.4 is 5.32 Å². The number of aromatic nitrogens is 2. The van der Waals surface area contributed by atoms with Gasteiger partial charge in [-0.3, -0.25) is 9.89 Å². The van der Waals surface area contributed by atoms with Gasteiger partial charge < -0.3 is 19.9 Å². The van der Waals surface area contributed by atoms with Gasteiger partial charge in [-0.15, -0.1) is 0 Å². The Labute approximate surface area is 142 Å². The highest BCUT2D eigenvalue weighted by atomic mass is 16.5. The number of nitrogens with one attached hydrogen (secondary N) is 2. The first-order valence-electron chi connectivity index (χ1n) is 8.70. The molecule has 2 N–H and O–H groups in total. The zero-order chi connectivity index (χ0) is 16.8. The number of amides is 1. The number of carbonyl (C=O) groups excluding carboxylic acids is 1. The van der Waals surface area contributed by atoms with Crippen LogP contribution in [-0.4, -0.2) is 77.3 Å². The van der Waals surface area contributed by atoms with Gasteiger partial charge in [0.25, 0.3) is 5.91 Å². The van der Waals surface area contributed by atoms with E-state index in [-0.39, 0.29) is 12.0 Å². The second kappa shape index (κ2) is 8.14. The number of carbonyl (C=O) groups is 1. The standard InChI is InChI=1S/C16H26N6O2/c1-2-17-16(18-12-13-5-6-19-20-13)22-9-7-21(8-10-22)15(23)14-4-3-11-24-14/h5-6,14H,2-4,7-12H2,1H3,(H,17,18)(H,19,20). The lowest BCUT2D eigenvalue weighted by Crippen LogP contribution is -2.55. The predicted molar refractivity (Wildman–Crippen MR) is 90.5 cm³/mol. The van der Waals surface area contributed by atoms with E-state index in [1.165, 1.54) is 0 Å². The third-order valence-electron chi connectivity index (χ3n) is 4.39. The molecule has 2 fully saturated rings. The van der Waals surface area contributed by atoms with Crippen molar-refractivity contribution in [1.82, 2.24) is 25.3 Å². The molecule has 0 saturated carbocycles.